The zero-order valence-corrected chi connectivity index (χ0v) is 23.8. The SMILES string of the molecule is CC(=O)Oc1ccc(CONC(=O)CCC(CC2(C(=O)O)C=CC=C(c3ccccc3)C2)C(=O)OC(C)(C)C)cc1. The molecule has 0 saturated carbocycles. The van der Waals surface area contributed by atoms with Gasteiger partial charge in [0.2, 0.25) is 5.91 Å². The Kier molecular flexibility index (Phi) is 10.6. The number of hydroxylamine groups is 1. The van der Waals surface area contributed by atoms with Crippen molar-refractivity contribution in [1.82, 2.24) is 5.48 Å². The monoisotopic (exact) mass is 563 g/mol. The van der Waals surface area contributed by atoms with E-state index in [0.29, 0.717) is 5.75 Å². The van der Waals surface area contributed by atoms with Crippen LogP contribution in [0.4, 0.5) is 0 Å². The maximum absolute atomic E-state index is 13.2. The molecule has 0 heterocycles. The normalized spacial score (nSPS) is 17.2. The maximum atomic E-state index is 13.2. The molecule has 0 bridgehead atoms. The number of esters is 2. The number of carboxylic acid groups (broad SMARTS) is 1. The van der Waals surface area contributed by atoms with Gasteiger partial charge < -0.3 is 14.6 Å². The van der Waals surface area contributed by atoms with Crippen LogP contribution in [0, 0.1) is 11.3 Å². The Bertz CT molecular complexity index is 1290. The number of amides is 1. The highest BCUT2D eigenvalue weighted by atomic mass is 16.6. The second-order valence-electron chi connectivity index (χ2n) is 11.1. The number of carboxylic acids is 1. The van der Waals surface area contributed by atoms with Gasteiger partial charge in [0.05, 0.1) is 17.9 Å². The number of carbonyl (C=O) groups is 4. The number of ether oxygens (including phenoxy) is 2. The van der Waals surface area contributed by atoms with Crippen LogP contribution >= 0.6 is 0 Å². The minimum absolute atomic E-state index is 0.0270. The summed E-state index contributed by atoms with van der Waals surface area (Å²) in [5.41, 5.74) is 2.75. The zero-order valence-electron chi connectivity index (χ0n) is 23.8. The van der Waals surface area contributed by atoms with Crippen molar-refractivity contribution in [3.05, 3.63) is 84.0 Å². The summed E-state index contributed by atoms with van der Waals surface area (Å²) < 4.78 is 10.6. The smallest absolute Gasteiger partial charge is 0.313 e. The summed E-state index contributed by atoms with van der Waals surface area (Å²) in [6.45, 7) is 6.61. The number of benzene rings is 2. The highest BCUT2D eigenvalue weighted by Crippen LogP contribution is 2.42. The van der Waals surface area contributed by atoms with Crippen LogP contribution in [0.25, 0.3) is 5.57 Å². The first-order valence-electron chi connectivity index (χ1n) is 13.4. The molecule has 9 nitrogen and oxygen atoms in total. The fourth-order valence-electron chi connectivity index (χ4n) is 4.54. The van der Waals surface area contributed by atoms with Gasteiger partial charge in [-0.15, -0.1) is 0 Å². The Morgan fingerprint density at radius 3 is 2.32 bits per heavy atom. The molecule has 0 aromatic heterocycles. The Labute approximate surface area is 240 Å². The van der Waals surface area contributed by atoms with Gasteiger partial charge in [-0.1, -0.05) is 60.7 Å². The minimum Gasteiger partial charge on any atom is -0.481 e. The molecular formula is C32H37NO8. The fraction of sp³-hybridized carbons (Fsp3) is 0.375. The molecule has 2 aromatic carbocycles. The third kappa shape index (κ3) is 9.72. The van der Waals surface area contributed by atoms with Crippen LogP contribution in [-0.2, 0) is 35.4 Å². The van der Waals surface area contributed by atoms with Crippen molar-refractivity contribution in [2.45, 2.75) is 65.6 Å². The van der Waals surface area contributed by atoms with E-state index < -0.39 is 40.7 Å². The van der Waals surface area contributed by atoms with Crippen LogP contribution < -0.4 is 10.2 Å². The molecule has 2 N–H and O–H groups in total. The molecule has 0 spiro atoms. The lowest BCUT2D eigenvalue weighted by molar-refractivity contribution is -0.162. The Morgan fingerprint density at radius 2 is 1.71 bits per heavy atom. The van der Waals surface area contributed by atoms with E-state index in [4.69, 9.17) is 14.3 Å². The van der Waals surface area contributed by atoms with Gasteiger partial charge in [-0.3, -0.25) is 24.0 Å². The highest BCUT2D eigenvalue weighted by Gasteiger charge is 2.43. The molecule has 2 atom stereocenters. The summed E-state index contributed by atoms with van der Waals surface area (Å²) in [5, 5.41) is 10.3. The van der Waals surface area contributed by atoms with E-state index in [0.717, 1.165) is 16.7 Å². The van der Waals surface area contributed by atoms with Crippen molar-refractivity contribution < 1.29 is 38.6 Å². The first-order chi connectivity index (χ1) is 19.4. The minimum atomic E-state index is -1.34. The van der Waals surface area contributed by atoms with E-state index in [-0.39, 0.29) is 32.3 Å². The molecule has 2 aromatic rings. The average molecular weight is 564 g/mol. The number of nitrogens with one attached hydrogen (secondary N) is 1. The molecular weight excluding hydrogens is 526 g/mol. The standard InChI is InChI=1S/C32H37NO8/c1-22(34)40-27-15-12-23(13-16-27)21-39-33-28(35)17-14-26(29(36)41-31(2,3)4)20-32(30(37)38)18-8-11-25(19-32)24-9-6-5-7-10-24/h5-13,15-16,18,26H,14,17,19-21H2,1-4H3,(H,33,35)(H,37,38). The molecule has 1 aliphatic carbocycles. The van der Waals surface area contributed by atoms with Crippen LogP contribution in [0.5, 0.6) is 5.75 Å². The number of aliphatic carboxylic acids is 1. The topological polar surface area (TPSA) is 128 Å². The molecule has 0 radical (unpaired) electrons. The van der Waals surface area contributed by atoms with E-state index in [9.17, 15) is 24.3 Å². The molecule has 1 aliphatic rings. The van der Waals surface area contributed by atoms with Crippen molar-refractivity contribution in [1.29, 1.82) is 0 Å². The van der Waals surface area contributed by atoms with Crippen molar-refractivity contribution >= 4 is 29.4 Å². The summed E-state index contributed by atoms with van der Waals surface area (Å²) in [6, 6.07) is 16.1. The highest BCUT2D eigenvalue weighted by molar-refractivity contribution is 5.85. The molecule has 0 aliphatic heterocycles. The van der Waals surface area contributed by atoms with Gasteiger partial charge in [0.15, 0.2) is 0 Å². The summed E-state index contributed by atoms with van der Waals surface area (Å²) in [4.78, 5) is 54.8. The van der Waals surface area contributed by atoms with E-state index in [1.54, 1.807) is 57.2 Å². The Hall–Kier alpha value is -4.24. The van der Waals surface area contributed by atoms with Crippen molar-refractivity contribution in [3.8, 4) is 5.75 Å². The summed E-state index contributed by atoms with van der Waals surface area (Å²) in [7, 11) is 0. The second kappa shape index (κ2) is 13.9. The largest absolute Gasteiger partial charge is 0.481 e. The molecule has 218 valence electrons. The van der Waals surface area contributed by atoms with E-state index in [2.05, 4.69) is 5.48 Å². The molecule has 1 amide bonds. The lowest BCUT2D eigenvalue weighted by atomic mass is 9.70. The Balaban J connectivity index is 1.65. The summed E-state index contributed by atoms with van der Waals surface area (Å²) in [5.74, 6) is -2.92. The van der Waals surface area contributed by atoms with Crippen molar-refractivity contribution in [2.24, 2.45) is 11.3 Å². The molecule has 3 rings (SSSR count). The molecule has 9 heteroatoms. The second-order valence-corrected chi connectivity index (χ2v) is 11.1. The predicted molar refractivity (Wildman–Crippen MR) is 152 cm³/mol. The number of rotatable bonds is 12. The van der Waals surface area contributed by atoms with Gasteiger partial charge in [0.1, 0.15) is 11.4 Å². The van der Waals surface area contributed by atoms with E-state index in [1.807, 2.05) is 36.4 Å². The maximum Gasteiger partial charge on any atom is 0.313 e. The molecule has 0 fully saturated rings. The van der Waals surface area contributed by atoms with Gasteiger partial charge >= 0.3 is 17.9 Å². The average Bonchev–Trinajstić information content (AvgIpc) is 2.91. The van der Waals surface area contributed by atoms with Gasteiger partial charge in [-0.05, 0) is 68.9 Å². The van der Waals surface area contributed by atoms with Crippen LogP contribution in [0.15, 0.2) is 72.8 Å². The van der Waals surface area contributed by atoms with Gasteiger partial charge in [-0.25, -0.2) is 5.48 Å². The number of carbonyl (C=O) groups excluding carboxylic acids is 3. The summed E-state index contributed by atoms with van der Waals surface area (Å²) >= 11 is 0. The fourth-order valence-corrected chi connectivity index (χ4v) is 4.54. The van der Waals surface area contributed by atoms with Crippen molar-refractivity contribution in [2.75, 3.05) is 0 Å². The Morgan fingerprint density at radius 1 is 1.02 bits per heavy atom. The third-order valence-electron chi connectivity index (χ3n) is 6.47. The predicted octanol–water partition coefficient (Wildman–Crippen LogP) is 5.40. The van der Waals surface area contributed by atoms with Crippen LogP contribution in [-0.4, -0.2) is 34.5 Å². The molecule has 2 unspecified atom stereocenters. The van der Waals surface area contributed by atoms with Crippen molar-refractivity contribution in [3.63, 3.8) is 0 Å². The van der Waals surface area contributed by atoms with Crippen LogP contribution in [0.2, 0.25) is 0 Å². The summed E-state index contributed by atoms with van der Waals surface area (Å²) in [6.07, 6.45) is 5.40. The zero-order chi connectivity index (χ0) is 30.0. The lowest BCUT2D eigenvalue weighted by Crippen LogP contribution is -2.37. The van der Waals surface area contributed by atoms with Crippen LogP contribution in [0.1, 0.15) is 64.5 Å². The number of hydrogen-bond donors (Lipinski definition) is 2. The van der Waals surface area contributed by atoms with Gasteiger partial charge in [0.25, 0.3) is 0 Å². The first kappa shape index (κ1) is 31.3. The van der Waals surface area contributed by atoms with E-state index >= 15 is 0 Å². The number of allylic oxidation sites excluding steroid dienone is 3. The van der Waals surface area contributed by atoms with Gasteiger partial charge in [0, 0.05) is 13.3 Å². The van der Waals surface area contributed by atoms with Crippen LogP contribution in [0.3, 0.4) is 0 Å². The van der Waals surface area contributed by atoms with Gasteiger partial charge in [-0.2, -0.15) is 0 Å². The number of hydrogen-bond acceptors (Lipinski definition) is 7. The quantitative estimate of drug-likeness (QED) is 0.200. The first-order valence-corrected chi connectivity index (χ1v) is 13.4. The molecule has 41 heavy (non-hydrogen) atoms. The molecule has 0 saturated heterocycles. The van der Waals surface area contributed by atoms with E-state index in [1.165, 1.54) is 6.92 Å². The lowest BCUT2D eigenvalue weighted by Gasteiger charge is -2.33. The third-order valence-corrected chi connectivity index (χ3v) is 6.47.